The molecule has 0 spiro atoms. The third-order valence-electron chi connectivity index (χ3n) is 1.51. The number of allylic oxidation sites excluding steroid dienone is 1. The standard InChI is InChI=1S/C8H14O/c1-4-6-8(9)7(3)5-2/h4,7H,1,5-6H2,2-3H3/t7-/m0/s1. The summed E-state index contributed by atoms with van der Waals surface area (Å²) < 4.78 is 0. The lowest BCUT2D eigenvalue weighted by Gasteiger charge is -2.02. The summed E-state index contributed by atoms with van der Waals surface area (Å²) in [5.74, 6) is 0.510. The molecule has 52 valence electrons. The predicted octanol–water partition coefficient (Wildman–Crippen LogP) is 2.18. The molecule has 0 aliphatic heterocycles. The minimum absolute atomic E-state index is 0.211. The number of rotatable bonds is 4. The highest BCUT2D eigenvalue weighted by atomic mass is 16.1. The fourth-order valence-electron chi connectivity index (χ4n) is 0.571. The van der Waals surface area contributed by atoms with Crippen LogP contribution in [-0.4, -0.2) is 5.78 Å². The van der Waals surface area contributed by atoms with Gasteiger partial charge < -0.3 is 0 Å². The predicted molar refractivity (Wildman–Crippen MR) is 39.3 cm³/mol. The molecule has 1 atom stereocenters. The molecule has 0 fully saturated rings. The number of hydrogen-bond donors (Lipinski definition) is 0. The fourth-order valence-corrected chi connectivity index (χ4v) is 0.571. The van der Waals surface area contributed by atoms with Crippen molar-refractivity contribution in [2.75, 3.05) is 0 Å². The number of carbonyl (C=O) groups is 1. The van der Waals surface area contributed by atoms with Crippen molar-refractivity contribution in [3.05, 3.63) is 12.7 Å². The van der Waals surface area contributed by atoms with Crippen molar-refractivity contribution in [1.82, 2.24) is 0 Å². The molecule has 9 heavy (non-hydrogen) atoms. The monoisotopic (exact) mass is 126 g/mol. The van der Waals surface area contributed by atoms with E-state index in [1.54, 1.807) is 6.08 Å². The molecule has 0 saturated carbocycles. The van der Waals surface area contributed by atoms with Gasteiger partial charge in [-0.1, -0.05) is 19.9 Å². The zero-order valence-corrected chi connectivity index (χ0v) is 6.18. The smallest absolute Gasteiger partial charge is 0.139 e. The number of Topliss-reactive ketones (excluding diaryl/α,β-unsaturated/α-hetero) is 1. The Morgan fingerprint density at radius 3 is 2.67 bits per heavy atom. The Morgan fingerprint density at radius 1 is 1.78 bits per heavy atom. The molecule has 1 heteroatoms. The lowest BCUT2D eigenvalue weighted by atomic mass is 10.0. The third-order valence-corrected chi connectivity index (χ3v) is 1.51. The lowest BCUT2D eigenvalue weighted by Crippen LogP contribution is -2.07. The number of ketones is 1. The molecule has 0 bridgehead atoms. The molecule has 0 aromatic heterocycles. The van der Waals surface area contributed by atoms with Crippen LogP contribution in [0.3, 0.4) is 0 Å². The molecule has 0 N–H and O–H groups in total. The van der Waals surface area contributed by atoms with Gasteiger partial charge in [0.2, 0.25) is 0 Å². The van der Waals surface area contributed by atoms with Crippen molar-refractivity contribution in [2.45, 2.75) is 26.7 Å². The van der Waals surface area contributed by atoms with Crippen molar-refractivity contribution in [1.29, 1.82) is 0 Å². The molecule has 0 amide bonds. The van der Waals surface area contributed by atoms with Crippen molar-refractivity contribution in [3.8, 4) is 0 Å². The quantitative estimate of drug-likeness (QED) is 0.528. The molecule has 0 radical (unpaired) electrons. The molecule has 1 nitrogen and oxygen atoms in total. The first kappa shape index (κ1) is 8.41. The topological polar surface area (TPSA) is 17.1 Å². The summed E-state index contributed by atoms with van der Waals surface area (Å²) in [7, 11) is 0. The maximum absolute atomic E-state index is 10.9. The highest BCUT2D eigenvalue weighted by Gasteiger charge is 2.06. The Bertz CT molecular complexity index is 105. The molecule has 0 aromatic rings. The largest absolute Gasteiger partial charge is 0.299 e. The third kappa shape index (κ3) is 3.07. The van der Waals surface area contributed by atoms with Crippen LogP contribution < -0.4 is 0 Å². The zero-order chi connectivity index (χ0) is 7.28. The maximum Gasteiger partial charge on any atom is 0.139 e. The molecule has 0 rings (SSSR count). The Labute approximate surface area is 56.8 Å². The second-order valence-corrected chi connectivity index (χ2v) is 2.27. The van der Waals surface area contributed by atoms with Crippen LogP contribution in [0, 0.1) is 5.92 Å². The summed E-state index contributed by atoms with van der Waals surface area (Å²) in [6.45, 7) is 7.47. The van der Waals surface area contributed by atoms with Gasteiger partial charge >= 0.3 is 0 Å². The molecule has 0 aliphatic carbocycles. The van der Waals surface area contributed by atoms with Crippen LogP contribution in [0.4, 0.5) is 0 Å². The van der Waals surface area contributed by atoms with Crippen molar-refractivity contribution >= 4 is 5.78 Å². The SMILES string of the molecule is C=CCC(=O)[C@@H](C)CC. The first-order chi connectivity index (χ1) is 4.22. The molecule has 0 saturated heterocycles. The van der Waals surface area contributed by atoms with E-state index in [9.17, 15) is 4.79 Å². The van der Waals surface area contributed by atoms with Gasteiger partial charge in [0.15, 0.2) is 0 Å². The van der Waals surface area contributed by atoms with Gasteiger partial charge in [0, 0.05) is 12.3 Å². The van der Waals surface area contributed by atoms with Gasteiger partial charge in [-0.25, -0.2) is 0 Å². The molecular formula is C8H14O. The van der Waals surface area contributed by atoms with Crippen LogP contribution in [0.2, 0.25) is 0 Å². The first-order valence-electron chi connectivity index (χ1n) is 3.36. The van der Waals surface area contributed by atoms with Crippen LogP contribution in [-0.2, 0) is 4.79 Å². The van der Waals surface area contributed by atoms with E-state index in [-0.39, 0.29) is 5.92 Å². The van der Waals surface area contributed by atoms with Gasteiger partial charge in [-0.15, -0.1) is 6.58 Å². The van der Waals surface area contributed by atoms with Gasteiger partial charge in [-0.05, 0) is 6.42 Å². The van der Waals surface area contributed by atoms with E-state index in [1.165, 1.54) is 0 Å². The Kier molecular flexibility index (Phi) is 4.02. The van der Waals surface area contributed by atoms with E-state index in [4.69, 9.17) is 0 Å². The number of hydrogen-bond acceptors (Lipinski definition) is 1. The summed E-state index contributed by atoms with van der Waals surface area (Å²) in [6.07, 6.45) is 3.12. The average Bonchev–Trinajstić information content (AvgIpc) is 1.87. The minimum Gasteiger partial charge on any atom is -0.299 e. The van der Waals surface area contributed by atoms with E-state index in [0.29, 0.717) is 12.2 Å². The molecule has 0 heterocycles. The van der Waals surface area contributed by atoms with Gasteiger partial charge in [0.05, 0.1) is 0 Å². The normalized spacial score (nSPS) is 12.7. The molecular weight excluding hydrogens is 112 g/mol. The minimum atomic E-state index is 0.211. The van der Waals surface area contributed by atoms with E-state index in [2.05, 4.69) is 6.58 Å². The highest BCUT2D eigenvalue weighted by molar-refractivity contribution is 5.81. The van der Waals surface area contributed by atoms with Crippen molar-refractivity contribution < 1.29 is 4.79 Å². The second kappa shape index (κ2) is 4.30. The van der Waals surface area contributed by atoms with Gasteiger partial charge in [0.25, 0.3) is 0 Å². The Hall–Kier alpha value is -0.590. The Morgan fingerprint density at radius 2 is 2.33 bits per heavy atom. The summed E-state index contributed by atoms with van der Waals surface area (Å²) in [6, 6.07) is 0. The van der Waals surface area contributed by atoms with Gasteiger partial charge in [-0.2, -0.15) is 0 Å². The highest BCUT2D eigenvalue weighted by Crippen LogP contribution is 2.04. The summed E-state index contributed by atoms with van der Waals surface area (Å²) in [4.78, 5) is 10.9. The van der Waals surface area contributed by atoms with E-state index in [1.807, 2.05) is 13.8 Å². The van der Waals surface area contributed by atoms with E-state index in [0.717, 1.165) is 6.42 Å². The van der Waals surface area contributed by atoms with Crippen molar-refractivity contribution in [2.24, 2.45) is 5.92 Å². The van der Waals surface area contributed by atoms with Crippen LogP contribution >= 0.6 is 0 Å². The molecule has 0 unspecified atom stereocenters. The number of carbonyl (C=O) groups excluding carboxylic acids is 1. The van der Waals surface area contributed by atoms with Gasteiger partial charge in [-0.3, -0.25) is 4.79 Å². The maximum atomic E-state index is 10.9. The average molecular weight is 126 g/mol. The summed E-state index contributed by atoms with van der Waals surface area (Å²) in [5, 5.41) is 0. The molecule has 0 aliphatic rings. The second-order valence-electron chi connectivity index (χ2n) is 2.27. The van der Waals surface area contributed by atoms with Crippen LogP contribution in [0.15, 0.2) is 12.7 Å². The van der Waals surface area contributed by atoms with E-state index >= 15 is 0 Å². The van der Waals surface area contributed by atoms with Crippen LogP contribution in [0.5, 0.6) is 0 Å². The van der Waals surface area contributed by atoms with Crippen LogP contribution in [0.25, 0.3) is 0 Å². The lowest BCUT2D eigenvalue weighted by molar-refractivity contribution is -0.121. The Balaban J connectivity index is 3.58. The molecule has 0 aromatic carbocycles. The summed E-state index contributed by atoms with van der Waals surface area (Å²) >= 11 is 0. The van der Waals surface area contributed by atoms with E-state index < -0.39 is 0 Å². The first-order valence-corrected chi connectivity index (χ1v) is 3.36. The van der Waals surface area contributed by atoms with Crippen LogP contribution in [0.1, 0.15) is 26.7 Å². The summed E-state index contributed by atoms with van der Waals surface area (Å²) in [5.41, 5.74) is 0. The van der Waals surface area contributed by atoms with Gasteiger partial charge in [0.1, 0.15) is 5.78 Å². The van der Waals surface area contributed by atoms with Crippen molar-refractivity contribution in [3.63, 3.8) is 0 Å². The fraction of sp³-hybridized carbons (Fsp3) is 0.625. The zero-order valence-electron chi connectivity index (χ0n) is 6.18.